The first-order chi connectivity index (χ1) is 10.2. The second kappa shape index (κ2) is 6.47. The summed E-state index contributed by atoms with van der Waals surface area (Å²) < 4.78 is 5.46. The number of nitrogens with one attached hydrogen (secondary N) is 1. The van der Waals surface area contributed by atoms with Crippen molar-refractivity contribution in [3.8, 4) is 0 Å². The minimum atomic E-state index is 0.00801. The molecule has 3 nitrogen and oxygen atoms in total. The molecule has 1 heterocycles. The predicted octanol–water partition coefficient (Wildman–Crippen LogP) is 2.82. The van der Waals surface area contributed by atoms with Crippen LogP contribution in [0.1, 0.15) is 42.9 Å². The first kappa shape index (κ1) is 15.0. The van der Waals surface area contributed by atoms with E-state index < -0.39 is 0 Å². The third-order valence-electron chi connectivity index (χ3n) is 5.20. The van der Waals surface area contributed by atoms with Crippen LogP contribution in [0.25, 0.3) is 0 Å². The van der Waals surface area contributed by atoms with Crippen LogP contribution >= 0.6 is 0 Å². The highest BCUT2D eigenvalue weighted by atomic mass is 16.5. The van der Waals surface area contributed by atoms with E-state index in [2.05, 4.69) is 36.5 Å². The Morgan fingerprint density at radius 1 is 1.29 bits per heavy atom. The fourth-order valence-electron chi connectivity index (χ4n) is 3.42. The zero-order valence-corrected chi connectivity index (χ0v) is 13.0. The third kappa shape index (κ3) is 3.47. The summed E-state index contributed by atoms with van der Waals surface area (Å²) in [5.41, 5.74) is 2.81. The number of aliphatic hydroxyl groups excluding tert-OH is 1. The van der Waals surface area contributed by atoms with Crippen LogP contribution in [0, 0.1) is 18.3 Å². The van der Waals surface area contributed by atoms with Crippen LogP contribution in [0.2, 0.25) is 0 Å². The summed E-state index contributed by atoms with van der Waals surface area (Å²) in [6, 6.07) is 9.13. The average molecular weight is 289 g/mol. The monoisotopic (exact) mass is 289 g/mol. The molecule has 21 heavy (non-hydrogen) atoms. The van der Waals surface area contributed by atoms with Crippen LogP contribution in [-0.2, 0) is 4.74 Å². The van der Waals surface area contributed by atoms with E-state index in [4.69, 9.17) is 4.74 Å². The second-order valence-electron chi connectivity index (χ2n) is 6.82. The maximum absolute atomic E-state index is 9.84. The number of ether oxygens (including phenoxy) is 1. The van der Waals surface area contributed by atoms with Crippen molar-refractivity contribution >= 4 is 0 Å². The first-order valence-electron chi connectivity index (χ1n) is 8.22. The van der Waals surface area contributed by atoms with Crippen molar-refractivity contribution in [2.75, 3.05) is 26.4 Å². The summed E-state index contributed by atoms with van der Waals surface area (Å²) >= 11 is 0. The zero-order chi connectivity index (χ0) is 14.7. The topological polar surface area (TPSA) is 41.5 Å². The van der Waals surface area contributed by atoms with E-state index in [-0.39, 0.29) is 12.0 Å². The summed E-state index contributed by atoms with van der Waals surface area (Å²) in [5.74, 6) is 0.765. The lowest BCUT2D eigenvalue weighted by Gasteiger charge is -2.37. The van der Waals surface area contributed by atoms with Gasteiger partial charge in [0.15, 0.2) is 0 Å². The van der Waals surface area contributed by atoms with Crippen LogP contribution in [-0.4, -0.2) is 31.5 Å². The van der Waals surface area contributed by atoms with Gasteiger partial charge in [0.2, 0.25) is 0 Å². The van der Waals surface area contributed by atoms with Gasteiger partial charge in [0.05, 0.1) is 6.61 Å². The van der Waals surface area contributed by atoms with Crippen LogP contribution in [0.4, 0.5) is 0 Å². The summed E-state index contributed by atoms with van der Waals surface area (Å²) in [4.78, 5) is 0. The molecule has 2 N–H and O–H groups in total. The smallest absolute Gasteiger partial charge is 0.0501 e. The third-order valence-corrected chi connectivity index (χ3v) is 5.20. The fraction of sp³-hybridized carbons (Fsp3) is 0.667. The maximum atomic E-state index is 9.84. The van der Waals surface area contributed by atoms with Gasteiger partial charge in [-0.1, -0.05) is 24.3 Å². The molecule has 1 aliphatic carbocycles. The average Bonchev–Trinajstić information content (AvgIpc) is 3.35. The summed E-state index contributed by atoms with van der Waals surface area (Å²) in [5, 5.41) is 13.6. The molecule has 116 valence electrons. The van der Waals surface area contributed by atoms with Gasteiger partial charge in [-0.3, -0.25) is 0 Å². The van der Waals surface area contributed by atoms with E-state index in [1.54, 1.807) is 0 Å². The standard InChI is InChI=1S/C18H27NO2/c1-14-4-2-3-5-16(14)17(15-6-7-15)19-12-18(13-20)8-10-21-11-9-18/h2-5,15,17,19-20H,6-13H2,1H3. The van der Waals surface area contributed by atoms with Crippen LogP contribution < -0.4 is 5.32 Å². The van der Waals surface area contributed by atoms with E-state index in [0.717, 1.165) is 38.5 Å². The maximum Gasteiger partial charge on any atom is 0.0501 e. The van der Waals surface area contributed by atoms with Gasteiger partial charge in [-0.05, 0) is 49.7 Å². The molecule has 0 aromatic heterocycles. The Morgan fingerprint density at radius 3 is 2.62 bits per heavy atom. The Kier molecular flexibility index (Phi) is 4.63. The quantitative estimate of drug-likeness (QED) is 0.846. The molecule has 0 bridgehead atoms. The Balaban J connectivity index is 1.70. The molecule has 3 heteroatoms. The first-order valence-corrected chi connectivity index (χ1v) is 8.22. The number of hydrogen-bond acceptors (Lipinski definition) is 3. The molecule has 1 saturated heterocycles. The lowest BCUT2D eigenvalue weighted by atomic mass is 9.80. The van der Waals surface area contributed by atoms with Gasteiger partial charge in [-0.2, -0.15) is 0 Å². The summed E-state index contributed by atoms with van der Waals surface area (Å²) in [6.07, 6.45) is 4.56. The van der Waals surface area contributed by atoms with Crippen molar-refractivity contribution in [2.24, 2.45) is 11.3 Å². The molecule has 1 aliphatic heterocycles. The Bertz CT molecular complexity index is 464. The van der Waals surface area contributed by atoms with E-state index in [0.29, 0.717) is 6.04 Å². The molecule has 1 aromatic rings. The number of benzene rings is 1. The molecule has 1 unspecified atom stereocenters. The van der Waals surface area contributed by atoms with Crippen LogP contribution in [0.15, 0.2) is 24.3 Å². The lowest BCUT2D eigenvalue weighted by Crippen LogP contribution is -2.43. The molecule has 0 spiro atoms. The Labute approximate surface area is 127 Å². The molecule has 1 atom stereocenters. The highest BCUT2D eigenvalue weighted by Gasteiger charge is 2.37. The normalized spacial score (nSPS) is 23.0. The van der Waals surface area contributed by atoms with Gasteiger partial charge in [0.25, 0.3) is 0 Å². The van der Waals surface area contributed by atoms with Gasteiger partial charge >= 0.3 is 0 Å². The van der Waals surface area contributed by atoms with Gasteiger partial charge < -0.3 is 15.2 Å². The highest BCUT2D eigenvalue weighted by Crippen LogP contribution is 2.42. The van der Waals surface area contributed by atoms with Crippen molar-refractivity contribution in [3.05, 3.63) is 35.4 Å². The Hall–Kier alpha value is -0.900. The van der Waals surface area contributed by atoms with Crippen molar-refractivity contribution in [3.63, 3.8) is 0 Å². The molecule has 0 radical (unpaired) electrons. The molecule has 2 fully saturated rings. The highest BCUT2D eigenvalue weighted by molar-refractivity contribution is 5.30. The van der Waals surface area contributed by atoms with Crippen molar-refractivity contribution in [1.82, 2.24) is 5.32 Å². The SMILES string of the molecule is Cc1ccccc1C(NCC1(CO)CCOCC1)C1CC1. The molecular formula is C18H27NO2. The van der Waals surface area contributed by atoms with Gasteiger partial charge in [0.1, 0.15) is 0 Å². The van der Waals surface area contributed by atoms with Gasteiger partial charge in [-0.15, -0.1) is 0 Å². The molecular weight excluding hydrogens is 262 g/mol. The van der Waals surface area contributed by atoms with Crippen molar-refractivity contribution in [1.29, 1.82) is 0 Å². The molecule has 1 aromatic carbocycles. The second-order valence-corrected chi connectivity index (χ2v) is 6.82. The van der Waals surface area contributed by atoms with Crippen LogP contribution in [0.5, 0.6) is 0 Å². The molecule has 2 aliphatic rings. The molecule has 1 saturated carbocycles. The lowest BCUT2D eigenvalue weighted by molar-refractivity contribution is -0.0169. The largest absolute Gasteiger partial charge is 0.396 e. The number of aryl methyl sites for hydroxylation is 1. The fourth-order valence-corrected chi connectivity index (χ4v) is 3.42. The van der Waals surface area contributed by atoms with E-state index >= 15 is 0 Å². The molecule has 0 amide bonds. The van der Waals surface area contributed by atoms with Crippen molar-refractivity contribution in [2.45, 2.75) is 38.6 Å². The zero-order valence-electron chi connectivity index (χ0n) is 13.0. The van der Waals surface area contributed by atoms with Gasteiger partial charge in [-0.25, -0.2) is 0 Å². The van der Waals surface area contributed by atoms with E-state index in [9.17, 15) is 5.11 Å². The number of rotatable bonds is 6. The summed E-state index contributed by atoms with van der Waals surface area (Å²) in [7, 11) is 0. The van der Waals surface area contributed by atoms with Crippen molar-refractivity contribution < 1.29 is 9.84 Å². The van der Waals surface area contributed by atoms with Crippen LogP contribution in [0.3, 0.4) is 0 Å². The molecule has 3 rings (SSSR count). The number of aliphatic hydroxyl groups is 1. The minimum Gasteiger partial charge on any atom is -0.396 e. The van der Waals surface area contributed by atoms with E-state index in [1.165, 1.54) is 24.0 Å². The van der Waals surface area contributed by atoms with Gasteiger partial charge in [0, 0.05) is 31.2 Å². The van der Waals surface area contributed by atoms with E-state index in [1.807, 2.05) is 0 Å². The summed E-state index contributed by atoms with van der Waals surface area (Å²) in [6.45, 7) is 4.90. The predicted molar refractivity (Wildman–Crippen MR) is 84.2 cm³/mol. The Morgan fingerprint density at radius 2 is 2.00 bits per heavy atom. The minimum absolute atomic E-state index is 0.00801. The number of hydrogen-bond donors (Lipinski definition) is 2.